The van der Waals surface area contributed by atoms with Gasteiger partial charge in [0.25, 0.3) is 5.91 Å². The molecule has 1 amide bonds. The number of carbonyl (C=O) groups excluding carboxylic acids is 1. The molecule has 2 aromatic carbocycles. The van der Waals surface area contributed by atoms with Crippen molar-refractivity contribution in [3.8, 4) is 5.69 Å². The highest BCUT2D eigenvalue weighted by molar-refractivity contribution is 9.10. The molecule has 0 unspecified atom stereocenters. The third-order valence-corrected chi connectivity index (χ3v) is 5.07. The first-order chi connectivity index (χ1) is 13.1. The van der Waals surface area contributed by atoms with Crippen molar-refractivity contribution in [1.29, 1.82) is 0 Å². The number of aromatic nitrogens is 3. The lowest BCUT2D eigenvalue weighted by molar-refractivity contribution is 0.0951. The lowest BCUT2D eigenvalue weighted by atomic mass is 10.2. The number of hydrogen-bond acceptors (Lipinski definition) is 3. The fourth-order valence-electron chi connectivity index (χ4n) is 2.97. The van der Waals surface area contributed by atoms with Crippen molar-refractivity contribution < 1.29 is 4.79 Å². The third-order valence-electron chi connectivity index (χ3n) is 4.54. The Bertz CT molecular complexity index is 1000. The van der Waals surface area contributed by atoms with Gasteiger partial charge in [-0.2, -0.15) is 5.10 Å². The van der Waals surface area contributed by atoms with Crippen LogP contribution in [-0.2, 0) is 6.54 Å². The Morgan fingerprint density at radius 3 is 2.48 bits per heavy atom. The summed E-state index contributed by atoms with van der Waals surface area (Å²) in [7, 11) is 0. The van der Waals surface area contributed by atoms with Crippen molar-refractivity contribution in [3.63, 3.8) is 0 Å². The van der Waals surface area contributed by atoms with E-state index in [4.69, 9.17) is 0 Å². The van der Waals surface area contributed by atoms with Crippen LogP contribution >= 0.6 is 15.9 Å². The Morgan fingerprint density at radius 2 is 1.81 bits per heavy atom. The summed E-state index contributed by atoms with van der Waals surface area (Å²) in [6, 6.07) is 16.7. The van der Waals surface area contributed by atoms with Gasteiger partial charge in [0.1, 0.15) is 5.82 Å². The maximum absolute atomic E-state index is 12.9. The maximum Gasteiger partial charge on any atom is 0.350 e. The zero-order valence-electron chi connectivity index (χ0n) is 14.6. The molecule has 7 heteroatoms. The largest absolute Gasteiger partial charge is 0.350 e. The second kappa shape index (κ2) is 7.52. The van der Waals surface area contributed by atoms with E-state index in [1.807, 2.05) is 42.5 Å². The molecule has 27 heavy (non-hydrogen) atoms. The molecule has 0 radical (unpaired) electrons. The summed E-state index contributed by atoms with van der Waals surface area (Å²) < 4.78 is 4.06. The van der Waals surface area contributed by atoms with Gasteiger partial charge in [0.2, 0.25) is 0 Å². The molecule has 138 valence electrons. The summed E-state index contributed by atoms with van der Waals surface area (Å²) in [4.78, 5) is 25.1. The van der Waals surface area contributed by atoms with Crippen LogP contribution in [0.5, 0.6) is 0 Å². The second-order valence-corrected chi connectivity index (χ2v) is 7.49. The summed E-state index contributed by atoms with van der Waals surface area (Å²) in [6.07, 6.45) is 2.12. The highest BCUT2D eigenvalue weighted by atomic mass is 79.9. The first kappa shape index (κ1) is 17.7. The van der Waals surface area contributed by atoms with Crippen molar-refractivity contribution in [1.82, 2.24) is 19.7 Å². The van der Waals surface area contributed by atoms with Crippen molar-refractivity contribution in [2.45, 2.75) is 25.3 Å². The molecule has 1 aliphatic rings. The summed E-state index contributed by atoms with van der Waals surface area (Å²) in [5.41, 5.74) is 1.24. The average Bonchev–Trinajstić information content (AvgIpc) is 3.48. The zero-order chi connectivity index (χ0) is 18.8. The van der Waals surface area contributed by atoms with E-state index in [9.17, 15) is 9.59 Å². The minimum absolute atomic E-state index is 0.166. The quantitative estimate of drug-likeness (QED) is 0.658. The first-order valence-electron chi connectivity index (χ1n) is 8.92. The van der Waals surface area contributed by atoms with E-state index in [1.54, 1.807) is 16.7 Å². The number of amides is 1. The number of carbonyl (C=O) groups is 1. The van der Waals surface area contributed by atoms with Crippen LogP contribution in [0.2, 0.25) is 0 Å². The van der Waals surface area contributed by atoms with Gasteiger partial charge in [0, 0.05) is 22.5 Å². The topological polar surface area (TPSA) is 68.9 Å². The number of nitrogens with one attached hydrogen (secondary N) is 1. The fourth-order valence-corrected chi connectivity index (χ4v) is 3.24. The lowest BCUT2D eigenvalue weighted by Gasteiger charge is -2.05. The Balaban J connectivity index is 1.49. The molecule has 1 aromatic heterocycles. The van der Waals surface area contributed by atoms with E-state index in [-0.39, 0.29) is 11.6 Å². The Kier molecular flexibility index (Phi) is 4.94. The minimum atomic E-state index is -0.166. The van der Waals surface area contributed by atoms with E-state index in [2.05, 4.69) is 26.3 Å². The highest BCUT2D eigenvalue weighted by Crippen LogP contribution is 2.39. The van der Waals surface area contributed by atoms with Gasteiger partial charge in [-0.1, -0.05) is 34.1 Å². The molecule has 6 nitrogen and oxygen atoms in total. The van der Waals surface area contributed by atoms with E-state index < -0.39 is 0 Å². The molecule has 1 saturated carbocycles. The van der Waals surface area contributed by atoms with E-state index >= 15 is 0 Å². The smallest absolute Gasteiger partial charge is 0.350 e. The number of para-hydroxylation sites is 1. The molecule has 0 bridgehead atoms. The van der Waals surface area contributed by atoms with Crippen LogP contribution in [0.1, 0.15) is 34.9 Å². The van der Waals surface area contributed by atoms with Gasteiger partial charge in [0.15, 0.2) is 0 Å². The van der Waals surface area contributed by atoms with E-state index in [1.165, 1.54) is 4.68 Å². The van der Waals surface area contributed by atoms with Crippen LogP contribution in [0.25, 0.3) is 5.69 Å². The molecular weight excluding hydrogens is 408 g/mol. The summed E-state index contributed by atoms with van der Waals surface area (Å²) in [6.45, 7) is 0.672. The highest BCUT2D eigenvalue weighted by Gasteiger charge is 2.31. The molecule has 1 heterocycles. The minimum Gasteiger partial charge on any atom is -0.350 e. The molecular formula is C20H19BrN4O2. The number of benzene rings is 2. The normalized spacial score (nSPS) is 13.5. The summed E-state index contributed by atoms with van der Waals surface area (Å²) in [5.74, 6) is 0.988. The molecule has 1 N–H and O–H groups in total. The first-order valence-corrected chi connectivity index (χ1v) is 9.72. The Labute approximate surface area is 165 Å². The standard InChI is InChI=1S/C20H19BrN4O2/c21-16-10-8-15(9-11-16)19(26)22-12-13-24-20(27)25(17-4-2-1-3-5-17)18(23-24)14-6-7-14/h1-5,8-11,14H,6-7,12-13H2,(H,22,26). The number of rotatable bonds is 6. The predicted octanol–water partition coefficient (Wildman–Crippen LogP) is 3.10. The predicted molar refractivity (Wildman–Crippen MR) is 106 cm³/mol. The molecule has 4 rings (SSSR count). The van der Waals surface area contributed by atoms with Crippen molar-refractivity contribution in [3.05, 3.63) is 80.9 Å². The number of nitrogens with zero attached hydrogens (tertiary/aromatic N) is 3. The van der Waals surface area contributed by atoms with Crippen molar-refractivity contribution >= 4 is 21.8 Å². The molecule has 0 spiro atoms. The fraction of sp³-hybridized carbons (Fsp3) is 0.250. The zero-order valence-corrected chi connectivity index (χ0v) is 16.2. The Hall–Kier alpha value is -2.67. The molecule has 1 aliphatic carbocycles. The molecule has 0 saturated heterocycles. The number of hydrogen-bond donors (Lipinski definition) is 1. The van der Waals surface area contributed by atoms with Crippen LogP contribution in [0.4, 0.5) is 0 Å². The number of halogens is 1. The maximum atomic E-state index is 12.9. The van der Waals surface area contributed by atoms with Gasteiger partial charge in [-0.3, -0.25) is 4.79 Å². The van der Waals surface area contributed by atoms with E-state index in [0.717, 1.165) is 28.8 Å². The van der Waals surface area contributed by atoms with Crippen molar-refractivity contribution in [2.24, 2.45) is 0 Å². The van der Waals surface area contributed by atoms with Crippen LogP contribution in [0.15, 0.2) is 63.9 Å². The van der Waals surface area contributed by atoms with Crippen LogP contribution in [-0.4, -0.2) is 26.8 Å². The van der Waals surface area contributed by atoms with Gasteiger partial charge in [-0.25, -0.2) is 14.0 Å². The Morgan fingerprint density at radius 1 is 1.11 bits per heavy atom. The monoisotopic (exact) mass is 426 g/mol. The summed E-state index contributed by atoms with van der Waals surface area (Å²) in [5, 5.41) is 7.38. The van der Waals surface area contributed by atoms with Gasteiger partial charge >= 0.3 is 5.69 Å². The molecule has 3 aromatic rings. The third kappa shape index (κ3) is 3.88. The van der Waals surface area contributed by atoms with Crippen molar-refractivity contribution in [2.75, 3.05) is 6.54 Å². The van der Waals surface area contributed by atoms with Gasteiger partial charge in [0.05, 0.1) is 12.2 Å². The molecule has 0 aliphatic heterocycles. The molecule has 0 atom stereocenters. The average molecular weight is 427 g/mol. The van der Waals surface area contributed by atoms with Gasteiger partial charge < -0.3 is 5.32 Å². The van der Waals surface area contributed by atoms with E-state index in [0.29, 0.717) is 24.6 Å². The SMILES string of the molecule is O=C(NCCn1nc(C2CC2)n(-c2ccccc2)c1=O)c1ccc(Br)cc1. The van der Waals surface area contributed by atoms with Crippen LogP contribution < -0.4 is 11.0 Å². The second-order valence-electron chi connectivity index (χ2n) is 6.57. The summed E-state index contributed by atoms with van der Waals surface area (Å²) >= 11 is 3.35. The lowest BCUT2D eigenvalue weighted by Crippen LogP contribution is -2.32. The van der Waals surface area contributed by atoms with Gasteiger partial charge in [-0.05, 0) is 49.2 Å². The van der Waals surface area contributed by atoms with Gasteiger partial charge in [-0.15, -0.1) is 0 Å². The van der Waals surface area contributed by atoms with Crippen LogP contribution in [0.3, 0.4) is 0 Å². The van der Waals surface area contributed by atoms with Crippen LogP contribution in [0, 0.1) is 0 Å². The molecule has 1 fully saturated rings.